The van der Waals surface area contributed by atoms with Crippen LogP contribution in [0.3, 0.4) is 0 Å². The maximum Gasteiger partial charge on any atom is 0.150 e. The fourth-order valence-electron chi connectivity index (χ4n) is 2.23. The molecule has 0 aromatic heterocycles. The fraction of sp³-hybridized carbons (Fsp3) is 0.562. The number of unbranched alkanes of at least 4 members (excludes halogenated alkanes) is 6. The lowest BCUT2D eigenvalue weighted by Gasteiger charge is -2.07. The lowest BCUT2D eigenvalue weighted by Crippen LogP contribution is -1.94. The lowest BCUT2D eigenvalue weighted by molar-refractivity contribution is 0.112. The number of carbonyl (C=O) groups excluding carboxylic acids is 1. The standard InChI is InChI=1S/C16H24O2/c1-2-3-4-5-6-7-8-11-15-14(13-17)10-9-12-16(15)18/h9-10,12-13,18H,2-8,11H2,1H3. The summed E-state index contributed by atoms with van der Waals surface area (Å²) in [7, 11) is 0. The SMILES string of the molecule is CCCCCCCCCc1c(O)cccc1C=O. The minimum atomic E-state index is 0.255. The Morgan fingerprint density at radius 2 is 1.72 bits per heavy atom. The molecule has 0 spiro atoms. The molecule has 2 nitrogen and oxygen atoms in total. The van der Waals surface area contributed by atoms with Crippen LogP contribution in [0.15, 0.2) is 18.2 Å². The molecule has 0 radical (unpaired) electrons. The number of benzene rings is 1. The van der Waals surface area contributed by atoms with E-state index in [4.69, 9.17) is 0 Å². The molecule has 0 atom stereocenters. The number of phenols is 1. The van der Waals surface area contributed by atoms with Crippen LogP contribution < -0.4 is 0 Å². The highest BCUT2D eigenvalue weighted by Crippen LogP contribution is 2.22. The zero-order chi connectivity index (χ0) is 13.2. The Morgan fingerprint density at radius 3 is 2.39 bits per heavy atom. The topological polar surface area (TPSA) is 37.3 Å². The van der Waals surface area contributed by atoms with Crippen molar-refractivity contribution in [2.45, 2.75) is 58.3 Å². The molecule has 0 aliphatic carbocycles. The maximum atomic E-state index is 10.9. The number of phenolic OH excluding ortho intramolecular Hbond substituents is 1. The van der Waals surface area contributed by atoms with Gasteiger partial charge in [0.05, 0.1) is 0 Å². The van der Waals surface area contributed by atoms with E-state index < -0.39 is 0 Å². The van der Waals surface area contributed by atoms with E-state index in [-0.39, 0.29) is 5.75 Å². The number of hydrogen-bond acceptors (Lipinski definition) is 2. The van der Waals surface area contributed by atoms with Crippen molar-refractivity contribution >= 4 is 6.29 Å². The Labute approximate surface area is 110 Å². The minimum absolute atomic E-state index is 0.255. The summed E-state index contributed by atoms with van der Waals surface area (Å²) in [6.45, 7) is 2.22. The van der Waals surface area contributed by atoms with Gasteiger partial charge in [0.15, 0.2) is 0 Å². The lowest BCUT2D eigenvalue weighted by atomic mass is 10.00. The molecule has 0 aliphatic heterocycles. The highest BCUT2D eigenvalue weighted by Gasteiger charge is 2.06. The Kier molecular flexibility index (Phi) is 7.16. The number of carbonyl (C=O) groups is 1. The van der Waals surface area contributed by atoms with Crippen LogP contribution in [-0.2, 0) is 6.42 Å². The minimum Gasteiger partial charge on any atom is -0.508 e. The van der Waals surface area contributed by atoms with Gasteiger partial charge in [-0.1, -0.05) is 57.6 Å². The second kappa shape index (κ2) is 8.73. The third-order valence-electron chi connectivity index (χ3n) is 3.34. The quantitative estimate of drug-likeness (QED) is 0.516. The van der Waals surface area contributed by atoms with Gasteiger partial charge in [-0.15, -0.1) is 0 Å². The van der Waals surface area contributed by atoms with Gasteiger partial charge in [0.2, 0.25) is 0 Å². The first-order valence-corrected chi connectivity index (χ1v) is 7.05. The number of aldehydes is 1. The average molecular weight is 248 g/mol. The third-order valence-corrected chi connectivity index (χ3v) is 3.34. The monoisotopic (exact) mass is 248 g/mol. The first-order valence-electron chi connectivity index (χ1n) is 7.05. The van der Waals surface area contributed by atoms with Crippen molar-refractivity contribution in [3.63, 3.8) is 0 Å². The molecule has 1 aromatic carbocycles. The molecule has 0 bridgehead atoms. The van der Waals surface area contributed by atoms with E-state index in [1.54, 1.807) is 18.2 Å². The predicted octanol–water partition coefficient (Wildman–Crippen LogP) is 4.50. The molecule has 100 valence electrons. The summed E-state index contributed by atoms with van der Waals surface area (Å²) in [5.41, 5.74) is 1.43. The molecular weight excluding hydrogens is 224 g/mol. The molecule has 0 heterocycles. The Bertz CT molecular complexity index is 358. The van der Waals surface area contributed by atoms with Gasteiger partial charge in [-0.2, -0.15) is 0 Å². The van der Waals surface area contributed by atoms with Crippen LogP contribution in [-0.4, -0.2) is 11.4 Å². The zero-order valence-corrected chi connectivity index (χ0v) is 11.3. The molecule has 1 aromatic rings. The van der Waals surface area contributed by atoms with E-state index in [1.165, 1.54) is 38.5 Å². The van der Waals surface area contributed by atoms with Crippen molar-refractivity contribution in [2.75, 3.05) is 0 Å². The highest BCUT2D eigenvalue weighted by atomic mass is 16.3. The smallest absolute Gasteiger partial charge is 0.150 e. The highest BCUT2D eigenvalue weighted by molar-refractivity contribution is 5.78. The van der Waals surface area contributed by atoms with Crippen LogP contribution in [0.5, 0.6) is 5.75 Å². The van der Waals surface area contributed by atoms with Crippen molar-refractivity contribution in [2.24, 2.45) is 0 Å². The molecule has 0 unspecified atom stereocenters. The van der Waals surface area contributed by atoms with Crippen LogP contribution in [0.1, 0.15) is 67.8 Å². The van der Waals surface area contributed by atoms with Gasteiger partial charge < -0.3 is 5.11 Å². The average Bonchev–Trinajstić information content (AvgIpc) is 2.39. The van der Waals surface area contributed by atoms with Crippen molar-refractivity contribution in [1.29, 1.82) is 0 Å². The van der Waals surface area contributed by atoms with Crippen molar-refractivity contribution < 1.29 is 9.90 Å². The summed E-state index contributed by atoms with van der Waals surface area (Å²) in [6.07, 6.45) is 10.3. The molecule has 0 fully saturated rings. The van der Waals surface area contributed by atoms with Gasteiger partial charge in [0.25, 0.3) is 0 Å². The molecule has 0 amide bonds. The second-order valence-electron chi connectivity index (χ2n) is 4.83. The fourth-order valence-corrected chi connectivity index (χ4v) is 2.23. The van der Waals surface area contributed by atoms with Crippen LogP contribution in [0.25, 0.3) is 0 Å². The van der Waals surface area contributed by atoms with Gasteiger partial charge in [0, 0.05) is 11.1 Å². The van der Waals surface area contributed by atoms with Crippen molar-refractivity contribution in [3.05, 3.63) is 29.3 Å². The Balaban J connectivity index is 2.29. The van der Waals surface area contributed by atoms with Crippen molar-refractivity contribution in [3.8, 4) is 5.75 Å². The summed E-state index contributed by atoms with van der Waals surface area (Å²) < 4.78 is 0. The Morgan fingerprint density at radius 1 is 1.06 bits per heavy atom. The van der Waals surface area contributed by atoms with E-state index in [1.807, 2.05) is 0 Å². The number of hydrogen-bond donors (Lipinski definition) is 1. The predicted molar refractivity (Wildman–Crippen MR) is 75.2 cm³/mol. The van der Waals surface area contributed by atoms with Gasteiger partial charge in [-0.3, -0.25) is 4.79 Å². The molecule has 0 saturated heterocycles. The molecule has 18 heavy (non-hydrogen) atoms. The Hall–Kier alpha value is -1.31. The summed E-state index contributed by atoms with van der Waals surface area (Å²) in [6, 6.07) is 5.14. The molecule has 1 rings (SSSR count). The summed E-state index contributed by atoms with van der Waals surface area (Å²) in [4.78, 5) is 10.9. The van der Waals surface area contributed by atoms with Crippen LogP contribution in [0, 0.1) is 0 Å². The van der Waals surface area contributed by atoms with Crippen LogP contribution in [0.2, 0.25) is 0 Å². The summed E-state index contributed by atoms with van der Waals surface area (Å²) >= 11 is 0. The maximum absolute atomic E-state index is 10.9. The van der Waals surface area contributed by atoms with Gasteiger partial charge >= 0.3 is 0 Å². The zero-order valence-electron chi connectivity index (χ0n) is 11.3. The second-order valence-corrected chi connectivity index (χ2v) is 4.83. The first-order chi connectivity index (χ1) is 8.79. The van der Waals surface area contributed by atoms with Crippen molar-refractivity contribution in [1.82, 2.24) is 0 Å². The molecular formula is C16H24O2. The van der Waals surface area contributed by atoms with E-state index in [9.17, 15) is 9.90 Å². The van der Waals surface area contributed by atoms with Crippen LogP contribution in [0.4, 0.5) is 0 Å². The van der Waals surface area contributed by atoms with Gasteiger partial charge in [-0.05, 0) is 18.9 Å². The molecule has 2 heteroatoms. The van der Waals surface area contributed by atoms with Crippen LogP contribution >= 0.6 is 0 Å². The van der Waals surface area contributed by atoms with E-state index in [0.29, 0.717) is 5.56 Å². The van der Waals surface area contributed by atoms with E-state index in [0.717, 1.165) is 24.7 Å². The number of aromatic hydroxyl groups is 1. The van der Waals surface area contributed by atoms with E-state index in [2.05, 4.69) is 6.92 Å². The normalized spacial score (nSPS) is 10.5. The third kappa shape index (κ3) is 4.91. The molecule has 1 N–H and O–H groups in total. The number of rotatable bonds is 9. The summed E-state index contributed by atoms with van der Waals surface area (Å²) in [5.74, 6) is 0.255. The molecule has 0 aliphatic rings. The van der Waals surface area contributed by atoms with Gasteiger partial charge in [0.1, 0.15) is 12.0 Å². The summed E-state index contributed by atoms with van der Waals surface area (Å²) in [5, 5.41) is 9.74. The first kappa shape index (κ1) is 14.7. The largest absolute Gasteiger partial charge is 0.508 e. The van der Waals surface area contributed by atoms with Gasteiger partial charge in [-0.25, -0.2) is 0 Å². The van der Waals surface area contributed by atoms with E-state index >= 15 is 0 Å². The molecule has 0 saturated carbocycles.